The molecule has 1 aliphatic carbocycles. The number of rotatable bonds is 5. The van der Waals surface area contributed by atoms with Gasteiger partial charge in [0.1, 0.15) is 0 Å². The van der Waals surface area contributed by atoms with Gasteiger partial charge in [0.25, 0.3) is 0 Å². The lowest BCUT2D eigenvalue weighted by Crippen LogP contribution is -2.36. The standard InChI is InChI=1S/C17H23N3O2/c1-12-3-2-4-15(9-12)18-16(21)11-20-8-7-13(10-20)17(22)19-14-5-6-14/h2-4,9,13-14H,5-8,10-11H2,1H3,(H,18,21)(H,19,22). The van der Waals surface area contributed by atoms with E-state index < -0.39 is 0 Å². The van der Waals surface area contributed by atoms with Crippen molar-refractivity contribution >= 4 is 17.5 Å². The highest BCUT2D eigenvalue weighted by Gasteiger charge is 2.32. The third-order valence-electron chi connectivity index (χ3n) is 4.24. The Morgan fingerprint density at radius 2 is 2.09 bits per heavy atom. The molecule has 1 unspecified atom stereocenters. The molecule has 1 saturated heterocycles. The molecular formula is C17H23N3O2. The number of carbonyl (C=O) groups is 2. The molecule has 118 valence electrons. The highest BCUT2D eigenvalue weighted by molar-refractivity contribution is 5.92. The van der Waals surface area contributed by atoms with Crippen LogP contribution in [0.1, 0.15) is 24.8 Å². The summed E-state index contributed by atoms with van der Waals surface area (Å²) >= 11 is 0. The van der Waals surface area contributed by atoms with Gasteiger partial charge in [-0.2, -0.15) is 0 Å². The summed E-state index contributed by atoms with van der Waals surface area (Å²) in [7, 11) is 0. The molecule has 0 aromatic heterocycles. The Morgan fingerprint density at radius 1 is 1.27 bits per heavy atom. The zero-order chi connectivity index (χ0) is 15.5. The summed E-state index contributed by atoms with van der Waals surface area (Å²) in [5.74, 6) is 0.172. The van der Waals surface area contributed by atoms with Crippen LogP contribution in [0.2, 0.25) is 0 Å². The monoisotopic (exact) mass is 301 g/mol. The van der Waals surface area contributed by atoms with Crippen molar-refractivity contribution in [3.05, 3.63) is 29.8 Å². The zero-order valence-corrected chi connectivity index (χ0v) is 13.0. The van der Waals surface area contributed by atoms with Crippen molar-refractivity contribution in [2.45, 2.75) is 32.2 Å². The second-order valence-electron chi connectivity index (χ2n) is 6.42. The minimum Gasteiger partial charge on any atom is -0.353 e. The molecule has 2 amide bonds. The van der Waals surface area contributed by atoms with Crippen molar-refractivity contribution in [3.63, 3.8) is 0 Å². The summed E-state index contributed by atoms with van der Waals surface area (Å²) in [6.45, 7) is 3.84. The number of amides is 2. The second kappa shape index (κ2) is 6.48. The van der Waals surface area contributed by atoms with Gasteiger partial charge in [-0.25, -0.2) is 0 Å². The molecule has 1 aliphatic heterocycles. The van der Waals surface area contributed by atoms with Crippen LogP contribution in [0.3, 0.4) is 0 Å². The first kappa shape index (κ1) is 15.0. The van der Waals surface area contributed by atoms with E-state index in [1.165, 1.54) is 0 Å². The van der Waals surface area contributed by atoms with Gasteiger partial charge in [0, 0.05) is 18.3 Å². The Kier molecular flexibility index (Phi) is 4.43. The highest BCUT2D eigenvalue weighted by atomic mass is 16.2. The lowest BCUT2D eigenvalue weighted by molar-refractivity contribution is -0.125. The molecule has 5 heteroatoms. The predicted molar refractivity (Wildman–Crippen MR) is 85.5 cm³/mol. The van der Waals surface area contributed by atoms with Gasteiger partial charge in [-0.1, -0.05) is 12.1 Å². The third kappa shape index (κ3) is 4.07. The Bertz CT molecular complexity index is 569. The van der Waals surface area contributed by atoms with E-state index in [2.05, 4.69) is 15.5 Å². The molecule has 22 heavy (non-hydrogen) atoms. The third-order valence-corrected chi connectivity index (χ3v) is 4.24. The molecule has 1 aromatic carbocycles. The van der Waals surface area contributed by atoms with Crippen LogP contribution >= 0.6 is 0 Å². The molecule has 0 spiro atoms. The first-order chi connectivity index (χ1) is 10.6. The van der Waals surface area contributed by atoms with E-state index in [4.69, 9.17) is 0 Å². The molecule has 2 N–H and O–H groups in total. The first-order valence-electron chi connectivity index (χ1n) is 7.99. The van der Waals surface area contributed by atoms with Crippen LogP contribution < -0.4 is 10.6 Å². The predicted octanol–water partition coefficient (Wildman–Crippen LogP) is 1.53. The van der Waals surface area contributed by atoms with Gasteiger partial charge >= 0.3 is 0 Å². The maximum Gasteiger partial charge on any atom is 0.238 e. The van der Waals surface area contributed by atoms with E-state index in [-0.39, 0.29) is 17.7 Å². The van der Waals surface area contributed by atoms with Crippen LogP contribution in [-0.4, -0.2) is 42.4 Å². The van der Waals surface area contributed by atoms with Gasteiger partial charge in [0.05, 0.1) is 12.5 Å². The number of nitrogens with one attached hydrogen (secondary N) is 2. The van der Waals surface area contributed by atoms with Gasteiger partial charge in [0.2, 0.25) is 11.8 Å². The largest absolute Gasteiger partial charge is 0.353 e. The highest BCUT2D eigenvalue weighted by Crippen LogP contribution is 2.22. The minimum absolute atomic E-state index is 0.0196. The Morgan fingerprint density at radius 3 is 2.82 bits per heavy atom. The van der Waals surface area contributed by atoms with Gasteiger partial charge in [-0.3, -0.25) is 14.5 Å². The van der Waals surface area contributed by atoms with Gasteiger partial charge in [-0.05, 0) is 50.4 Å². The van der Waals surface area contributed by atoms with Crippen LogP contribution in [0.4, 0.5) is 5.69 Å². The molecule has 1 atom stereocenters. The van der Waals surface area contributed by atoms with E-state index in [1.807, 2.05) is 31.2 Å². The molecule has 1 aromatic rings. The van der Waals surface area contributed by atoms with Crippen molar-refractivity contribution in [2.24, 2.45) is 5.92 Å². The van der Waals surface area contributed by atoms with Crippen LogP contribution in [0.15, 0.2) is 24.3 Å². The molecule has 3 rings (SSSR count). The summed E-state index contributed by atoms with van der Waals surface area (Å²) in [4.78, 5) is 26.2. The second-order valence-corrected chi connectivity index (χ2v) is 6.42. The molecule has 2 fully saturated rings. The van der Waals surface area contributed by atoms with Crippen molar-refractivity contribution in [2.75, 3.05) is 25.0 Å². The fraction of sp³-hybridized carbons (Fsp3) is 0.529. The number of aryl methyl sites for hydroxylation is 1. The lowest BCUT2D eigenvalue weighted by Gasteiger charge is -2.15. The Balaban J connectivity index is 1.45. The summed E-state index contributed by atoms with van der Waals surface area (Å²) in [5, 5.41) is 5.96. The number of likely N-dealkylation sites (tertiary alicyclic amines) is 1. The van der Waals surface area contributed by atoms with Gasteiger partial charge in [-0.15, -0.1) is 0 Å². The topological polar surface area (TPSA) is 61.4 Å². The molecule has 0 radical (unpaired) electrons. The average molecular weight is 301 g/mol. The van der Waals surface area contributed by atoms with Crippen molar-refractivity contribution in [3.8, 4) is 0 Å². The number of hydrogen-bond acceptors (Lipinski definition) is 3. The summed E-state index contributed by atoms with van der Waals surface area (Å²) in [5.41, 5.74) is 1.95. The number of benzene rings is 1. The van der Waals surface area contributed by atoms with Crippen molar-refractivity contribution in [1.29, 1.82) is 0 Å². The quantitative estimate of drug-likeness (QED) is 0.867. The normalized spacial score (nSPS) is 21.6. The van der Waals surface area contributed by atoms with Crippen LogP contribution in [0.5, 0.6) is 0 Å². The van der Waals surface area contributed by atoms with Crippen molar-refractivity contribution < 1.29 is 9.59 Å². The Hall–Kier alpha value is -1.88. The van der Waals surface area contributed by atoms with Gasteiger partial charge < -0.3 is 10.6 Å². The summed E-state index contributed by atoms with van der Waals surface area (Å²) in [6, 6.07) is 8.18. The number of carbonyl (C=O) groups excluding carboxylic acids is 2. The van der Waals surface area contributed by atoms with Crippen LogP contribution in [-0.2, 0) is 9.59 Å². The minimum atomic E-state index is -0.0196. The summed E-state index contributed by atoms with van der Waals surface area (Å²) in [6.07, 6.45) is 3.07. The number of hydrogen-bond donors (Lipinski definition) is 2. The van der Waals surface area contributed by atoms with E-state index in [9.17, 15) is 9.59 Å². The first-order valence-corrected chi connectivity index (χ1v) is 7.99. The molecule has 1 saturated carbocycles. The molecule has 2 aliphatic rings. The van der Waals surface area contributed by atoms with E-state index >= 15 is 0 Å². The van der Waals surface area contributed by atoms with E-state index in [0.717, 1.165) is 37.1 Å². The molecule has 5 nitrogen and oxygen atoms in total. The molecule has 0 bridgehead atoms. The smallest absolute Gasteiger partial charge is 0.238 e. The zero-order valence-electron chi connectivity index (χ0n) is 13.0. The van der Waals surface area contributed by atoms with Crippen LogP contribution in [0, 0.1) is 12.8 Å². The van der Waals surface area contributed by atoms with E-state index in [0.29, 0.717) is 19.1 Å². The van der Waals surface area contributed by atoms with Crippen LogP contribution in [0.25, 0.3) is 0 Å². The molecular weight excluding hydrogens is 278 g/mol. The Labute approximate surface area is 131 Å². The van der Waals surface area contributed by atoms with Crippen molar-refractivity contribution in [1.82, 2.24) is 10.2 Å². The van der Waals surface area contributed by atoms with E-state index in [1.54, 1.807) is 0 Å². The number of anilines is 1. The fourth-order valence-electron chi connectivity index (χ4n) is 2.86. The maximum absolute atomic E-state index is 12.1. The number of nitrogens with zero attached hydrogens (tertiary/aromatic N) is 1. The summed E-state index contributed by atoms with van der Waals surface area (Å²) < 4.78 is 0. The fourth-order valence-corrected chi connectivity index (χ4v) is 2.86. The molecule has 1 heterocycles. The lowest BCUT2D eigenvalue weighted by atomic mass is 10.1. The van der Waals surface area contributed by atoms with Gasteiger partial charge in [0.15, 0.2) is 0 Å². The average Bonchev–Trinajstić information content (AvgIpc) is 3.15. The maximum atomic E-state index is 12.1. The SMILES string of the molecule is Cc1cccc(NC(=O)CN2CCC(C(=O)NC3CC3)C2)c1.